The third kappa shape index (κ3) is 68.6. The molecule has 498 valence electrons. The van der Waals surface area contributed by atoms with Crippen LogP contribution in [0.2, 0.25) is 0 Å². The molecule has 85 heavy (non-hydrogen) atoms. The average molecular weight is 1200 g/mol. The van der Waals surface area contributed by atoms with Crippen molar-refractivity contribution < 1.29 is 42.9 Å². The quantitative estimate of drug-likeness (QED) is 0.0211. The number of quaternary nitrogens is 1. The second-order valence-electron chi connectivity index (χ2n) is 26.3. The number of ether oxygens (including phenoxy) is 4. The zero-order valence-electron chi connectivity index (χ0n) is 57.0. The Morgan fingerprint density at radius 3 is 0.929 bits per heavy atom. The van der Waals surface area contributed by atoms with Gasteiger partial charge in [-0.1, -0.05) is 319 Å². The summed E-state index contributed by atoms with van der Waals surface area (Å²) in [5, 5.41) is 9.74. The van der Waals surface area contributed by atoms with Gasteiger partial charge in [0.25, 0.3) is 6.29 Å². The fraction of sp³-hybridized carbons (Fsp3) is 0.855. The zero-order chi connectivity index (χ0) is 61.9. The van der Waals surface area contributed by atoms with Crippen LogP contribution >= 0.6 is 0 Å². The Labute approximate surface area is 527 Å². The van der Waals surface area contributed by atoms with Crippen molar-refractivity contribution in [3.8, 4) is 0 Å². The summed E-state index contributed by atoms with van der Waals surface area (Å²) in [5.41, 5.74) is 0. The normalized spacial score (nSPS) is 12.9. The molecule has 0 rings (SSSR count). The number of rotatable bonds is 69. The van der Waals surface area contributed by atoms with Crippen LogP contribution < -0.4 is 0 Å². The van der Waals surface area contributed by atoms with E-state index in [1.165, 1.54) is 283 Å². The number of carboxylic acids is 1. The number of likely N-dealkylation sites (N-methyl/N-ethyl adjacent to an activating group) is 1. The molecule has 0 saturated heterocycles. The Kier molecular flexibility index (Phi) is 65.0. The van der Waals surface area contributed by atoms with Gasteiger partial charge in [-0.05, 0) is 77.0 Å². The lowest BCUT2D eigenvalue weighted by Crippen LogP contribution is -2.40. The maximum absolute atomic E-state index is 12.9. The number of carbonyl (C=O) groups is 3. The number of esters is 2. The highest BCUT2D eigenvalue weighted by atomic mass is 16.7. The van der Waals surface area contributed by atoms with Gasteiger partial charge in [-0.2, -0.15) is 0 Å². The van der Waals surface area contributed by atoms with Gasteiger partial charge in [-0.25, -0.2) is 4.79 Å². The topological polar surface area (TPSA) is 108 Å². The zero-order valence-corrected chi connectivity index (χ0v) is 57.0. The van der Waals surface area contributed by atoms with Crippen molar-refractivity contribution in [3.05, 3.63) is 48.6 Å². The fourth-order valence-electron chi connectivity index (χ4n) is 10.9. The first-order chi connectivity index (χ1) is 41.6. The van der Waals surface area contributed by atoms with Gasteiger partial charge in [0.1, 0.15) is 13.2 Å². The molecule has 0 heterocycles. The van der Waals surface area contributed by atoms with Crippen LogP contribution in [0.25, 0.3) is 0 Å². The van der Waals surface area contributed by atoms with Crippen LogP contribution in [-0.2, 0) is 33.3 Å². The summed E-state index contributed by atoms with van der Waals surface area (Å²) in [6.07, 6.45) is 83.9. The van der Waals surface area contributed by atoms with Crippen molar-refractivity contribution in [1.82, 2.24) is 0 Å². The molecule has 1 N–H and O–H groups in total. The first-order valence-corrected chi connectivity index (χ1v) is 36.8. The Morgan fingerprint density at radius 2 is 0.635 bits per heavy atom. The van der Waals surface area contributed by atoms with Crippen LogP contribution in [-0.4, -0.2) is 87.4 Å². The van der Waals surface area contributed by atoms with Crippen LogP contribution in [0.5, 0.6) is 0 Å². The van der Waals surface area contributed by atoms with Gasteiger partial charge in [-0.3, -0.25) is 9.59 Å². The van der Waals surface area contributed by atoms with Crippen LogP contribution in [0.15, 0.2) is 48.6 Å². The molecule has 0 amide bonds. The van der Waals surface area contributed by atoms with E-state index in [2.05, 4.69) is 62.5 Å². The summed E-state index contributed by atoms with van der Waals surface area (Å²) in [6, 6.07) is 0. The molecule has 0 bridgehead atoms. The summed E-state index contributed by atoms with van der Waals surface area (Å²) in [6.45, 7) is 4.91. The molecule has 0 aromatic rings. The minimum absolute atomic E-state index is 0.180. The second-order valence-corrected chi connectivity index (χ2v) is 26.3. The lowest BCUT2D eigenvalue weighted by molar-refractivity contribution is -0.870. The van der Waals surface area contributed by atoms with Crippen molar-refractivity contribution in [3.63, 3.8) is 0 Å². The molecule has 0 saturated carbocycles. The number of carboxylic acid groups (broad SMARTS) is 1. The summed E-state index contributed by atoms with van der Waals surface area (Å²) < 4.78 is 23.0. The molecular weight excluding hydrogens is 1050 g/mol. The molecule has 0 fully saturated rings. The van der Waals surface area contributed by atoms with Gasteiger partial charge in [0.05, 0.1) is 34.4 Å². The number of aliphatic carboxylic acids is 1. The third-order valence-electron chi connectivity index (χ3n) is 16.6. The second kappa shape index (κ2) is 67.2. The van der Waals surface area contributed by atoms with E-state index in [-0.39, 0.29) is 38.2 Å². The lowest BCUT2D eigenvalue weighted by Gasteiger charge is -2.25. The maximum Gasteiger partial charge on any atom is 0.361 e. The molecule has 0 aliphatic heterocycles. The summed E-state index contributed by atoms with van der Waals surface area (Å²) in [4.78, 5) is 37.6. The highest BCUT2D eigenvalue weighted by Gasteiger charge is 2.25. The summed E-state index contributed by atoms with van der Waals surface area (Å²) in [7, 11) is 5.99. The number of hydrogen-bond donors (Lipinski definition) is 1. The van der Waals surface area contributed by atoms with E-state index >= 15 is 0 Å². The predicted octanol–water partition coefficient (Wildman–Crippen LogP) is 22.9. The van der Waals surface area contributed by atoms with Gasteiger partial charge >= 0.3 is 17.9 Å². The number of nitrogens with zero attached hydrogens (tertiary/aromatic N) is 1. The van der Waals surface area contributed by atoms with Crippen molar-refractivity contribution in [1.29, 1.82) is 0 Å². The maximum atomic E-state index is 12.9. The van der Waals surface area contributed by atoms with Gasteiger partial charge in [0.15, 0.2) is 6.10 Å². The number of unbranched alkanes of at least 4 members (excludes halogenated alkanes) is 46. The molecule has 2 atom stereocenters. The van der Waals surface area contributed by atoms with E-state index < -0.39 is 18.4 Å². The highest BCUT2D eigenvalue weighted by molar-refractivity contribution is 5.71. The predicted molar refractivity (Wildman–Crippen MR) is 364 cm³/mol. The molecule has 0 aliphatic rings. The third-order valence-corrected chi connectivity index (χ3v) is 16.6. The number of hydrogen-bond acceptors (Lipinski definition) is 7. The first kappa shape index (κ1) is 82.2. The SMILES string of the molecule is CCCCCCC/C=C\C/C=C\CCCCCCCCCCCCCCCCCCCCCCCCCCCCCC(=O)OC(COC(=O)CCCCCCCCCCC/C=C\C/C=C\CCCCCCC)COC(OCC[N+](C)(C)C)C(=O)O. The van der Waals surface area contributed by atoms with Crippen LogP contribution in [0.3, 0.4) is 0 Å². The molecule has 0 radical (unpaired) electrons. The fourth-order valence-corrected chi connectivity index (χ4v) is 10.9. The Hall–Kier alpha value is -2.75. The molecule has 0 spiro atoms. The summed E-state index contributed by atoms with van der Waals surface area (Å²) >= 11 is 0. The minimum atomic E-state index is -1.51. The monoisotopic (exact) mass is 1200 g/mol. The summed E-state index contributed by atoms with van der Waals surface area (Å²) in [5.74, 6) is -1.99. The van der Waals surface area contributed by atoms with Crippen LogP contribution in [0.1, 0.15) is 361 Å². The molecule has 9 heteroatoms. The Morgan fingerprint density at radius 1 is 0.353 bits per heavy atom. The van der Waals surface area contributed by atoms with E-state index in [9.17, 15) is 19.5 Å². The molecular formula is C76H142NO8+. The lowest BCUT2D eigenvalue weighted by atomic mass is 10.0. The van der Waals surface area contributed by atoms with Crippen LogP contribution in [0.4, 0.5) is 0 Å². The number of allylic oxidation sites excluding steroid dienone is 8. The van der Waals surface area contributed by atoms with E-state index in [4.69, 9.17) is 18.9 Å². The molecule has 0 aliphatic carbocycles. The molecule has 0 aromatic carbocycles. The van der Waals surface area contributed by atoms with Crippen molar-refractivity contribution in [2.75, 3.05) is 47.5 Å². The largest absolute Gasteiger partial charge is 0.477 e. The van der Waals surface area contributed by atoms with Gasteiger partial charge in [0.2, 0.25) is 0 Å². The van der Waals surface area contributed by atoms with Gasteiger partial charge in [0, 0.05) is 12.8 Å². The van der Waals surface area contributed by atoms with Crippen LogP contribution in [0, 0.1) is 0 Å². The van der Waals surface area contributed by atoms with Crippen molar-refractivity contribution in [2.45, 2.75) is 373 Å². The smallest absolute Gasteiger partial charge is 0.361 e. The molecule has 2 unspecified atom stereocenters. The highest BCUT2D eigenvalue weighted by Crippen LogP contribution is 2.19. The van der Waals surface area contributed by atoms with Crippen molar-refractivity contribution in [2.24, 2.45) is 0 Å². The van der Waals surface area contributed by atoms with E-state index in [0.717, 1.165) is 51.4 Å². The first-order valence-electron chi connectivity index (χ1n) is 36.8. The standard InChI is InChI=1S/C76H141NO8/c1-6-8-10-12-14-16-18-20-22-24-26-28-29-30-31-32-33-34-35-36-37-38-39-40-41-42-43-44-45-47-49-51-53-55-57-59-61-63-65-67-74(79)85-72(71-84-76(75(80)81)82-69-68-77(3,4)5)70-83-73(78)66-64-62-60-58-56-54-52-50-48-46-27-25-23-21-19-17-15-13-11-9-7-2/h18-21,24-27,72,76H,6-17,22-23,28-71H2,1-5H3/p+1/b20-18-,21-19-,26-24-,27-25-. The van der Waals surface area contributed by atoms with E-state index in [1.807, 2.05) is 21.1 Å². The van der Waals surface area contributed by atoms with E-state index in [1.54, 1.807) is 0 Å². The molecule has 9 nitrogen and oxygen atoms in total. The minimum Gasteiger partial charge on any atom is -0.477 e. The van der Waals surface area contributed by atoms with E-state index in [0.29, 0.717) is 17.4 Å². The van der Waals surface area contributed by atoms with Gasteiger partial charge in [-0.15, -0.1) is 0 Å². The Balaban J connectivity index is 3.97. The average Bonchev–Trinajstić information content (AvgIpc) is 3.49. The Bertz CT molecular complexity index is 1530. The number of carbonyl (C=O) groups excluding carboxylic acids is 2. The van der Waals surface area contributed by atoms with Crippen molar-refractivity contribution >= 4 is 17.9 Å². The van der Waals surface area contributed by atoms with Gasteiger partial charge < -0.3 is 28.5 Å². The molecule has 0 aromatic heterocycles.